The number of hydrazine groups is 1. The SMILES string of the molecule is CCOc1ccc(-c2n[nH]c3c2C(=O)c2c(NC(=O)NN4CCOCC4)cccc2-3)cc1. The number of H-pyrrole nitrogens is 1. The summed E-state index contributed by atoms with van der Waals surface area (Å²) >= 11 is 0. The zero-order valence-electron chi connectivity index (χ0n) is 17.6. The standard InChI is InChI=1S/C23H23N5O4/c1-2-32-15-8-6-14(7-9-15)20-19-21(26-25-20)16-4-3-5-17(18(16)22(19)29)24-23(30)27-28-10-12-31-13-11-28/h3-9H,2,10-13H2,1H3,(H,25,26)(H2,24,27,30). The van der Waals surface area contributed by atoms with Crippen LogP contribution in [0.4, 0.5) is 10.5 Å². The largest absolute Gasteiger partial charge is 0.494 e. The second-order valence-corrected chi connectivity index (χ2v) is 7.50. The number of fused-ring (bicyclic) bond motifs is 3. The van der Waals surface area contributed by atoms with Crippen molar-refractivity contribution in [1.82, 2.24) is 20.6 Å². The van der Waals surface area contributed by atoms with Gasteiger partial charge >= 0.3 is 6.03 Å². The van der Waals surface area contributed by atoms with Crippen molar-refractivity contribution in [1.29, 1.82) is 0 Å². The number of hydrogen-bond donors (Lipinski definition) is 3. The van der Waals surface area contributed by atoms with Gasteiger partial charge in [-0.25, -0.2) is 9.80 Å². The van der Waals surface area contributed by atoms with Crippen LogP contribution in [0.5, 0.6) is 5.75 Å². The van der Waals surface area contributed by atoms with E-state index in [0.717, 1.165) is 16.9 Å². The van der Waals surface area contributed by atoms with Crippen molar-refractivity contribution in [2.75, 3.05) is 38.2 Å². The fraction of sp³-hybridized carbons (Fsp3) is 0.261. The van der Waals surface area contributed by atoms with E-state index < -0.39 is 6.03 Å². The third-order valence-corrected chi connectivity index (χ3v) is 5.51. The maximum Gasteiger partial charge on any atom is 0.333 e. The van der Waals surface area contributed by atoms with Gasteiger partial charge in [0, 0.05) is 24.2 Å². The van der Waals surface area contributed by atoms with Gasteiger partial charge < -0.3 is 14.8 Å². The molecule has 1 aliphatic heterocycles. The molecule has 2 aromatic carbocycles. The van der Waals surface area contributed by atoms with Crippen LogP contribution in [0.3, 0.4) is 0 Å². The lowest BCUT2D eigenvalue weighted by Crippen LogP contribution is -2.49. The molecule has 3 aromatic rings. The molecule has 164 valence electrons. The number of hydrogen-bond acceptors (Lipinski definition) is 6. The van der Waals surface area contributed by atoms with Crippen LogP contribution in [0, 0.1) is 0 Å². The number of ether oxygens (including phenoxy) is 2. The lowest BCUT2D eigenvalue weighted by atomic mass is 10.0. The molecule has 32 heavy (non-hydrogen) atoms. The second kappa shape index (κ2) is 8.45. The highest BCUT2D eigenvalue weighted by molar-refractivity contribution is 6.26. The number of nitrogens with zero attached hydrogens (tertiary/aromatic N) is 2. The summed E-state index contributed by atoms with van der Waals surface area (Å²) in [5.41, 5.74) is 6.99. The first-order valence-electron chi connectivity index (χ1n) is 10.6. The molecule has 9 nitrogen and oxygen atoms in total. The predicted molar refractivity (Wildman–Crippen MR) is 119 cm³/mol. The number of rotatable bonds is 5. The van der Waals surface area contributed by atoms with Crippen LogP contribution in [0.15, 0.2) is 42.5 Å². The van der Waals surface area contributed by atoms with E-state index in [9.17, 15) is 9.59 Å². The molecule has 5 rings (SSSR count). The van der Waals surface area contributed by atoms with Crippen LogP contribution >= 0.6 is 0 Å². The number of aromatic nitrogens is 2. The van der Waals surface area contributed by atoms with Gasteiger partial charge in [-0.05, 0) is 37.3 Å². The molecule has 0 spiro atoms. The average molecular weight is 433 g/mol. The fourth-order valence-electron chi connectivity index (χ4n) is 4.05. The summed E-state index contributed by atoms with van der Waals surface area (Å²) in [6.07, 6.45) is 0. The summed E-state index contributed by atoms with van der Waals surface area (Å²) in [7, 11) is 0. The van der Waals surface area contributed by atoms with Crippen LogP contribution in [0.1, 0.15) is 22.8 Å². The summed E-state index contributed by atoms with van der Waals surface area (Å²) in [6.45, 7) is 4.86. The molecule has 3 N–H and O–H groups in total. The Bertz CT molecular complexity index is 1170. The number of aromatic amines is 1. The average Bonchev–Trinajstić information content (AvgIpc) is 3.36. The third kappa shape index (κ3) is 3.61. The Kier molecular flexibility index (Phi) is 5.34. The summed E-state index contributed by atoms with van der Waals surface area (Å²) in [5.74, 6) is 0.589. The Balaban J connectivity index is 1.41. The van der Waals surface area contributed by atoms with E-state index in [2.05, 4.69) is 20.9 Å². The molecule has 0 bridgehead atoms. The van der Waals surface area contributed by atoms with Gasteiger partial charge in [0.2, 0.25) is 0 Å². The Hall–Kier alpha value is -3.69. The third-order valence-electron chi connectivity index (χ3n) is 5.51. The zero-order chi connectivity index (χ0) is 22.1. The maximum absolute atomic E-state index is 13.4. The highest BCUT2D eigenvalue weighted by Crippen LogP contribution is 2.43. The number of morpholine rings is 1. The second-order valence-electron chi connectivity index (χ2n) is 7.50. The molecule has 0 atom stereocenters. The van der Waals surface area contributed by atoms with E-state index in [0.29, 0.717) is 61.1 Å². The number of carbonyl (C=O) groups excluding carboxylic acids is 2. The molecule has 0 saturated carbocycles. The number of ketones is 1. The van der Waals surface area contributed by atoms with Crippen molar-refractivity contribution in [2.24, 2.45) is 0 Å². The van der Waals surface area contributed by atoms with Crippen LogP contribution in [0.25, 0.3) is 22.5 Å². The number of nitrogens with one attached hydrogen (secondary N) is 3. The number of urea groups is 1. The lowest BCUT2D eigenvalue weighted by molar-refractivity contribution is 0.0207. The molecule has 1 aromatic heterocycles. The van der Waals surface area contributed by atoms with E-state index in [4.69, 9.17) is 9.47 Å². The summed E-state index contributed by atoms with van der Waals surface area (Å²) < 4.78 is 10.8. The quantitative estimate of drug-likeness (QED) is 0.446. The number of carbonyl (C=O) groups is 2. The van der Waals surface area contributed by atoms with E-state index in [1.807, 2.05) is 43.3 Å². The molecule has 0 unspecified atom stereocenters. The smallest absolute Gasteiger partial charge is 0.333 e. The minimum absolute atomic E-state index is 0.171. The van der Waals surface area contributed by atoms with E-state index >= 15 is 0 Å². The highest BCUT2D eigenvalue weighted by Gasteiger charge is 2.35. The van der Waals surface area contributed by atoms with Gasteiger partial charge in [-0.2, -0.15) is 5.10 Å². The maximum atomic E-state index is 13.4. The van der Waals surface area contributed by atoms with Crippen molar-refractivity contribution < 1.29 is 19.1 Å². The minimum atomic E-state index is -0.395. The summed E-state index contributed by atoms with van der Waals surface area (Å²) in [4.78, 5) is 25.9. The minimum Gasteiger partial charge on any atom is -0.494 e. The molecule has 1 fully saturated rings. The van der Waals surface area contributed by atoms with Crippen LogP contribution in [-0.2, 0) is 4.74 Å². The van der Waals surface area contributed by atoms with Crippen LogP contribution in [-0.4, -0.2) is 59.9 Å². The van der Waals surface area contributed by atoms with Gasteiger partial charge in [0.05, 0.1) is 42.3 Å². The summed E-state index contributed by atoms with van der Waals surface area (Å²) in [5, 5.41) is 12.0. The fourth-order valence-corrected chi connectivity index (χ4v) is 4.05. The zero-order valence-corrected chi connectivity index (χ0v) is 17.6. The molecular weight excluding hydrogens is 410 g/mol. The first-order valence-corrected chi connectivity index (χ1v) is 10.6. The van der Waals surface area contributed by atoms with Gasteiger partial charge in [-0.1, -0.05) is 12.1 Å². The van der Waals surface area contributed by atoms with Crippen molar-refractivity contribution in [3.05, 3.63) is 53.6 Å². The normalized spacial score (nSPS) is 15.2. The van der Waals surface area contributed by atoms with Gasteiger partial charge in [0.1, 0.15) is 11.4 Å². The van der Waals surface area contributed by atoms with Gasteiger partial charge in [-0.15, -0.1) is 0 Å². The predicted octanol–water partition coefficient (Wildman–Crippen LogP) is 3.06. The Morgan fingerprint density at radius 3 is 2.69 bits per heavy atom. The topological polar surface area (TPSA) is 109 Å². The molecule has 0 radical (unpaired) electrons. The molecule has 2 aliphatic rings. The molecule has 1 saturated heterocycles. The Morgan fingerprint density at radius 2 is 1.94 bits per heavy atom. The first kappa shape index (κ1) is 20.2. The Morgan fingerprint density at radius 1 is 1.16 bits per heavy atom. The van der Waals surface area contributed by atoms with Crippen molar-refractivity contribution in [2.45, 2.75) is 6.92 Å². The van der Waals surface area contributed by atoms with E-state index in [1.54, 1.807) is 11.1 Å². The van der Waals surface area contributed by atoms with E-state index in [1.165, 1.54) is 0 Å². The number of amides is 2. The van der Waals surface area contributed by atoms with Crippen LogP contribution < -0.4 is 15.5 Å². The monoisotopic (exact) mass is 433 g/mol. The van der Waals surface area contributed by atoms with Crippen molar-refractivity contribution in [3.63, 3.8) is 0 Å². The molecule has 1 aliphatic carbocycles. The van der Waals surface area contributed by atoms with Crippen molar-refractivity contribution in [3.8, 4) is 28.3 Å². The molecule has 2 amide bonds. The summed E-state index contributed by atoms with van der Waals surface area (Å²) in [6, 6.07) is 12.5. The van der Waals surface area contributed by atoms with Crippen LogP contribution in [0.2, 0.25) is 0 Å². The van der Waals surface area contributed by atoms with Crippen molar-refractivity contribution >= 4 is 17.5 Å². The van der Waals surface area contributed by atoms with Gasteiger partial charge in [-0.3, -0.25) is 15.3 Å². The van der Waals surface area contributed by atoms with Gasteiger partial charge in [0.15, 0.2) is 5.78 Å². The number of anilines is 1. The first-order chi connectivity index (χ1) is 15.7. The van der Waals surface area contributed by atoms with E-state index in [-0.39, 0.29) is 5.78 Å². The molecule has 9 heteroatoms. The number of benzene rings is 2. The van der Waals surface area contributed by atoms with Gasteiger partial charge in [0.25, 0.3) is 0 Å². The lowest BCUT2D eigenvalue weighted by Gasteiger charge is -2.27. The molecular formula is C23H23N5O4. The molecule has 2 heterocycles. The highest BCUT2D eigenvalue weighted by atomic mass is 16.5. The Labute approximate surface area is 184 Å².